The van der Waals surface area contributed by atoms with Crippen LogP contribution in [0.2, 0.25) is 0 Å². The highest BCUT2D eigenvalue weighted by Gasteiger charge is 2.22. The normalized spacial score (nSPS) is 10.4. The minimum Gasteiger partial charge on any atom is -0.364 e. The molecule has 0 aliphatic heterocycles. The van der Waals surface area contributed by atoms with Crippen LogP contribution in [0.3, 0.4) is 0 Å². The molecule has 1 aromatic rings. The van der Waals surface area contributed by atoms with Gasteiger partial charge in [-0.15, -0.1) is 0 Å². The van der Waals surface area contributed by atoms with Gasteiger partial charge in [0.15, 0.2) is 0 Å². The van der Waals surface area contributed by atoms with E-state index in [0.717, 1.165) is 12.8 Å². The largest absolute Gasteiger partial charge is 0.364 e. The van der Waals surface area contributed by atoms with Crippen LogP contribution in [0.1, 0.15) is 19.8 Å². The van der Waals surface area contributed by atoms with Crippen LogP contribution in [0.5, 0.6) is 0 Å². The summed E-state index contributed by atoms with van der Waals surface area (Å²) >= 11 is 0. The van der Waals surface area contributed by atoms with Crippen molar-refractivity contribution in [3.05, 3.63) is 16.4 Å². The van der Waals surface area contributed by atoms with E-state index in [9.17, 15) is 10.1 Å². The van der Waals surface area contributed by atoms with Crippen molar-refractivity contribution in [2.75, 3.05) is 31.4 Å². The number of nitrogens with zero attached hydrogens (tertiary/aromatic N) is 4. The van der Waals surface area contributed by atoms with Crippen molar-refractivity contribution in [3.63, 3.8) is 0 Å². The molecule has 1 rings (SSSR count). The highest BCUT2D eigenvalue weighted by Crippen LogP contribution is 2.28. The molecule has 8 nitrogen and oxygen atoms in total. The molecule has 18 heavy (non-hydrogen) atoms. The zero-order chi connectivity index (χ0) is 13.5. The van der Waals surface area contributed by atoms with Gasteiger partial charge in [0, 0.05) is 20.6 Å². The summed E-state index contributed by atoms with van der Waals surface area (Å²) in [6, 6.07) is 0. The maximum absolute atomic E-state index is 11.1. The standard InChI is InChI=1S/C10H18N6O2/c1-4-5-6-11-9-8(16(17)18)10(13-7-12-9)14-15(2)3/h7H,4-6H2,1-3H3,(H2,11,12,13,14). The van der Waals surface area contributed by atoms with Crippen molar-refractivity contribution < 1.29 is 4.92 Å². The average molecular weight is 254 g/mol. The molecule has 0 aliphatic carbocycles. The van der Waals surface area contributed by atoms with E-state index in [0.29, 0.717) is 6.54 Å². The predicted molar refractivity (Wildman–Crippen MR) is 69.4 cm³/mol. The minimum atomic E-state index is -0.486. The van der Waals surface area contributed by atoms with Gasteiger partial charge >= 0.3 is 5.69 Å². The van der Waals surface area contributed by atoms with Gasteiger partial charge in [-0.1, -0.05) is 13.3 Å². The lowest BCUT2D eigenvalue weighted by molar-refractivity contribution is -0.383. The fraction of sp³-hybridized carbons (Fsp3) is 0.600. The van der Waals surface area contributed by atoms with Crippen molar-refractivity contribution in [3.8, 4) is 0 Å². The Labute approximate surface area is 106 Å². The summed E-state index contributed by atoms with van der Waals surface area (Å²) in [7, 11) is 3.46. The maximum Gasteiger partial charge on any atom is 0.354 e. The number of nitrogens with one attached hydrogen (secondary N) is 2. The van der Waals surface area contributed by atoms with Crippen LogP contribution < -0.4 is 10.7 Å². The zero-order valence-electron chi connectivity index (χ0n) is 10.8. The summed E-state index contributed by atoms with van der Waals surface area (Å²) in [6.07, 6.45) is 3.24. The summed E-state index contributed by atoms with van der Waals surface area (Å²) in [5.41, 5.74) is 2.65. The SMILES string of the molecule is CCCCNc1ncnc(NN(C)C)c1[N+](=O)[O-]. The van der Waals surface area contributed by atoms with Gasteiger partial charge in [-0.3, -0.25) is 15.5 Å². The number of hydrogen-bond donors (Lipinski definition) is 2. The molecule has 1 aromatic heterocycles. The molecule has 0 saturated carbocycles. The maximum atomic E-state index is 11.1. The molecule has 8 heteroatoms. The van der Waals surface area contributed by atoms with E-state index in [1.165, 1.54) is 6.33 Å². The lowest BCUT2D eigenvalue weighted by Crippen LogP contribution is -2.22. The predicted octanol–water partition coefficient (Wildman–Crippen LogP) is 1.49. The Kier molecular flexibility index (Phi) is 5.25. The van der Waals surface area contributed by atoms with Crippen molar-refractivity contribution in [1.82, 2.24) is 15.0 Å². The van der Waals surface area contributed by atoms with E-state index in [2.05, 4.69) is 27.6 Å². The van der Waals surface area contributed by atoms with Crippen molar-refractivity contribution in [2.24, 2.45) is 0 Å². The molecule has 0 radical (unpaired) electrons. The van der Waals surface area contributed by atoms with Gasteiger partial charge in [0.2, 0.25) is 11.6 Å². The molecule has 0 amide bonds. The van der Waals surface area contributed by atoms with Crippen molar-refractivity contribution in [1.29, 1.82) is 0 Å². The number of aromatic nitrogens is 2. The first-order valence-electron chi connectivity index (χ1n) is 5.73. The van der Waals surface area contributed by atoms with Crippen LogP contribution in [0, 0.1) is 10.1 Å². The van der Waals surface area contributed by atoms with Crippen LogP contribution >= 0.6 is 0 Å². The molecule has 1 heterocycles. The number of nitro groups is 1. The number of hydrazine groups is 1. The lowest BCUT2D eigenvalue weighted by Gasteiger charge is -2.13. The van der Waals surface area contributed by atoms with Gasteiger partial charge in [-0.2, -0.15) is 0 Å². The topological polar surface area (TPSA) is 96.2 Å². The summed E-state index contributed by atoms with van der Waals surface area (Å²) in [6.45, 7) is 2.70. The second kappa shape index (κ2) is 6.70. The van der Waals surface area contributed by atoms with Gasteiger partial charge in [0.1, 0.15) is 6.33 Å². The lowest BCUT2D eigenvalue weighted by atomic mass is 10.3. The molecule has 100 valence electrons. The number of hydrogen-bond acceptors (Lipinski definition) is 7. The van der Waals surface area contributed by atoms with Crippen LogP contribution in [0.4, 0.5) is 17.3 Å². The monoisotopic (exact) mass is 254 g/mol. The first-order chi connectivity index (χ1) is 8.56. The molecular weight excluding hydrogens is 236 g/mol. The number of rotatable bonds is 7. The quantitative estimate of drug-likeness (QED) is 0.432. The third-order valence-electron chi connectivity index (χ3n) is 2.16. The van der Waals surface area contributed by atoms with Gasteiger partial charge < -0.3 is 5.32 Å². The number of anilines is 2. The first-order valence-corrected chi connectivity index (χ1v) is 5.73. The Balaban J connectivity index is 2.98. The molecule has 0 spiro atoms. The van der Waals surface area contributed by atoms with E-state index in [-0.39, 0.29) is 17.3 Å². The molecule has 0 aliphatic rings. The molecule has 0 saturated heterocycles. The molecule has 0 aromatic carbocycles. The molecule has 0 fully saturated rings. The van der Waals surface area contributed by atoms with Gasteiger partial charge in [0.05, 0.1) is 4.92 Å². The van der Waals surface area contributed by atoms with E-state index in [4.69, 9.17) is 0 Å². The summed E-state index contributed by atoms with van der Waals surface area (Å²) in [4.78, 5) is 18.4. The fourth-order valence-corrected chi connectivity index (χ4v) is 1.36. The summed E-state index contributed by atoms with van der Waals surface area (Å²) < 4.78 is 0. The first kappa shape index (κ1) is 14.1. The van der Waals surface area contributed by atoms with Crippen LogP contribution in [0.25, 0.3) is 0 Å². The Morgan fingerprint density at radius 2 is 2.06 bits per heavy atom. The number of unbranched alkanes of at least 4 members (excludes halogenated alkanes) is 1. The Morgan fingerprint density at radius 3 is 2.61 bits per heavy atom. The molecule has 0 atom stereocenters. The van der Waals surface area contributed by atoms with Crippen molar-refractivity contribution >= 4 is 17.3 Å². The minimum absolute atomic E-state index is 0.137. The second-order valence-electron chi connectivity index (χ2n) is 3.96. The molecule has 0 bridgehead atoms. The highest BCUT2D eigenvalue weighted by molar-refractivity contribution is 5.68. The Hall–Kier alpha value is -1.96. The van der Waals surface area contributed by atoms with Crippen LogP contribution in [0.15, 0.2) is 6.33 Å². The molecule has 0 unspecified atom stereocenters. The van der Waals surface area contributed by atoms with E-state index in [1.807, 2.05) is 0 Å². The van der Waals surface area contributed by atoms with Crippen molar-refractivity contribution in [2.45, 2.75) is 19.8 Å². The Bertz CT molecular complexity index is 409. The van der Waals surface area contributed by atoms with Gasteiger partial charge in [-0.05, 0) is 6.42 Å². The van der Waals surface area contributed by atoms with Crippen LogP contribution in [-0.2, 0) is 0 Å². The summed E-state index contributed by atoms with van der Waals surface area (Å²) in [5, 5.41) is 15.6. The van der Waals surface area contributed by atoms with E-state index < -0.39 is 4.92 Å². The second-order valence-corrected chi connectivity index (χ2v) is 3.96. The zero-order valence-corrected chi connectivity index (χ0v) is 10.8. The van der Waals surface area contributed by atoms with E-state index >= 15 is 0 Å². The highest BCUT2D eigenvalue weighted by atomic mass is 16.6. The summed E-state index contributed by atoms with van der Waals surface area (Å²) in [5.74, 6) is 0.423. The van der Waals surface area contributed by atoms with Crippen LogP contribution in [-0.4, -0.2) is 40.5 Å². The smallest absolute Gasteiger partial charge is 0.354 e. The average Bonchev–Trinajstić information content (AvgIpc) is 2.28. The van der Waals surface area contributed by atoms with E-state index in [1.54, 1.807) is 19.1 Å². The Morgan fingerprint density at radius 1 is 1.39 bits per heavy atom. The molecule has 2 N–H and O–H groups in total. The third-order valence-corrected chi connectivity index (χ3v) is 2.16. The van der Waals surface area contributed by atoms with Gasteiger partial charge in [0.25, 0.3) is 0 Å². The fourth-order valence-electron chi connectivity index (χ4n) is 1.36. The third kappa shape index (κ3) is 3.81. The molecular formula is C10H18N6O2. The van der Waals surface area contributed by atoms with Gasteiger partial charge in [-0.25, -0.2) is 15.0 Å².